The zero-order valence-electron chi connectivity index (χ0n) is 11.5. The van der Waals surface area contributed by atoms with Crippen LogP contribution < -0.4 is 11.1 Å². The zero-order valence-corrected chi connectivity index (χ0v) is 11.5. The van der Waals surface area contributed by atoms with E-state index >= 15 is 0 Å². The second-order valence-electron chi connectivity index (χ2n) is 5.13. The van der Waals surface area contributed by atoms with Crippen LogP contribution in [0.25, 0.3) is 0 Å². The first-order valence-electron chi connectivity index (χ1n) is 6.51. The molecule has 1 aromatic heterocycles. The molecule has 0 fully saturated rings. The molecule has 1 aromatic carbocycles. The Bertz CT molecular complexity index is 663. The highest BCUT2D eigenvalue weighted by Crippen LogP contribution is 2.28. The van der Waals surface area contributed by atoms with E-state index in [1.165, 1.54) is 0 Å². The second-order valence-corrected chi connectivity index (χ2v) is 5.13. The first-order chi connectivity index (χ1) is 9.54. The minimum atomic E-state index is -0.295. The summed E-state index contributed by atoms with van der Waals surface area (Å²) in [5.74, 6) is 1.59. The first-order valence-corrected chi connectivity index (χ1v) is 6.51. The van der Waals surface area contributed by atoms with Gasteiger partial charge in [0.05, 0.1) is 6.04 Å². The number of nitrogens with zero attached hydrogens (tertiary/aromatic N) is 1. The molecule has 1 aliphatic rings. The number of carbonyl (C=O) groups is 1. The van der Waals surface area contributed by atoms with Crippen LogP contribution in [0, 0.1) is 6.92 Å². The molecule has 1 aliphatic heterocycles. The zero-order chi connectivity index (χ0) is 14.3. The van der Waals surface area contributed by atoms with Crippen molar-refractivity contribution in [3.63, 3.8) is 0 Å². The number of urea groups is 1. The molecule has 0 saturated heterocycles. The average molecular weight is 271 g/mol. The van der Waals surface area contributed by atoms with E-state index in [-0.39, 0.29) is 12.1 Å². The van der Waals surface area contributed by atoms with Crippen molar-refractivity contribution < 1.29 is 9.21 Å². The lowest BCUT2D eigenvalue weighted by molar-refractivity contribution is 0.218. The van der Waals surface area contributed by atoms with E-state index in [9.17, 15) is 4.79 Å². The predicted octanol–water partition coefficient (Wildman–Crippen LogP) is 2.61. The van der Waals surface area contributed by atoms with Crippen molar-refractivity contribution in [2.24, 2.45) is 5.73 Å². The Hall–Kier alpha value is -2.27. The van der Waals surface area contributed by atoms with Crippen LogP contribution in [0.3, 0.4) is 0 Å². The third kappa shape index (κ3) is 2.16. The number of nitrogens with two attached hydrogens (primary N) is 1. The van der Waals surface area contributed by atoms with Gasteiger partial charge in [0.2, 0.25) is 0 Å². The Balaban J connectivity index is 1.92. The summed E-state index contributed by atoms with van der Waals surface area (Å²) in [7, 11) is 1.76. The van der Waals surface area contributed by atoms with E-state index in [1.807, 2.05) is 37.3 Å². The number of amides is 2. The highest BCUT2D eigenvalue weighted by Gasteiger charge is 2.21. The smallest absolute Gasteiger partial charge is 0.321 e. The van der Waals surface area contributed by atoms with Crippen molar-refractivity contribution in [3.05, 3.63) is 53.0 Å². The maximum Gasteiger partial charge on any atom is 0.321 e. The van der Waals surface area contributed by atoms with Crippen LogP contribution in [-0.2, 0) is 6.54 Å². The summed E-state index contributed by atoms with van der Waals surface area (Å²) < 4.78 is 5.58. The molecule has 20 heavy (non-hydrogen) atoms. The van der Waals surface area contributed by atoms with Gasteiger partial charge in [-0.05, 0) is 42.3 Å². The number of fused-ring (bicyclic) bond motifs is 1. The molecule has 5 nitrogen and oxygen atoms in total. The number of rotatable bonds is 2. The number of aryl methyl sites for hydroxylation is 1. The number of hydrogen-bond donors (Lipinski definition) is 2. The SMILES string of the molecule is Cc1ccc(C(N)c2ccc3c(c2)CN(C)C(=O)N3)o1. The lowest BCUT2D eigenvalue weighted by Crippen LogP contribution is -2.35. The van der Waals surface area contributed by atoms with Crippen molar-refractivity contribution in [1.29, 1.82) is 0 Å². The van der Waals surface area contributed by atoms with Crippen molar-refractivity contribution in [2.45, 2.75) is 19.5 Å². The van der Waals surface area contributed by atoms with Gasteiger partial charge in [-0.15, -0.1) is 0 Å². The molecule has 0 saturated carbocycles. The molecule has 0 spiro atoms. The fourth-order valence-corrected chi connectivity index (χ4v) is 2.38. The van der Waals surface area contributed by atoms with Crippen molar-refractivity contribution in [3.8, 4) is 0 Å². The van der Waals surface area contributed by atoms with Crippen LogP contribution in [0.1, 0.15) is 28.7 Å². The Kier molecular flexibility index (Phi) is 2.99. The molecule has 5 heteroatoms. The summed E-state index contributed by atoms with van der Waals surface area (Å²) in [4.78, 5) is 13.2. The highest BCUT2D eigenvalue weighted by molar-refractivity contribution is 5.92. The van der Waals surface area contributed by atoms with Crippen molar-refractivity contribution in [2.75, 3.05) is 12.4 Å². The molecule has 0 radical (unpaired) electrons. The van der Waals surface area contributed by atoms with Gasteiger partial charge in [0.1, 0.15) is 11.5 Å². The van der Waals surface area contributed by atoms with Crippen molar-refractivity contribution >= 4 is 11.7 Å². The lowest BCUT2D eigenvalue weighted by atomic mass is 10.0. The van der Waals surface area contributed by atoms with E-state index < -0.39 is 0 Å². The minimum Gasteiger partial charge on any atom is -0.464 e. The van der Waals surface area contributed by atoms with Crippen LogP contribution in [0.15, 0.2) is 34.7 Å². The van der Waals surface area contributed by atoms with Crippen LogP contribution in [0.5, 0.6) is 0 Å². The van der Waals surface area contributed by atoms with E-state index in [4.69, 9.17) is 10.2 Å². The molecular formula is C15H17N3O2. The largest absolute Gasteiger partial charge is 0.464 e. The normalized spacial score (nSPS) is 15.8. The van der Waals surface area contributed by atoms with E-state index in [0.717, 1.165) is 28.3 Å². The minimum absolute atomic E-state index is 0.0868. The van der Waals surface area contributed by atoms with Gasteiger partial charge in [-0.1, -0.05) is 6.07 Å². The Labute approximate surface area is 117 Å². The number of hydrogen-bond acceptors (Lipinski definition) is 3. The number of benzene rings is 1. The summed E-state index contributed by atoms with van der Waals surface area (Å²) >= 11 is 0. The Morgan fingerprint density at radius 3 is 2.85 bits per heavy atom. The third-order valence-electron chi connectivity index (χ3n) is 3.55. The molecule has 2 amide bonds. The number of furan rings is 1. The molecule has 3 N–H and O–H groups in total. The van der Waals surface area contributed by atoms with Gasteiger partial charge < -0.3 is 20.4 Å². The van der Waals surface area contributed by atoms with Crippen LogP contribution in [-0.4, -0.2) is 18.0 Å². The number of carbonyl (C=O) groups excluding carboxylic acids is 1. The fraction of sp³-hybridized carbons (Fsp3) is 0.267. The Morgan fingerprint density at radius 1 is 1.35 bits per heavy atom. The molecule has 2 aromatic rings. The molecule has 104 valence electrons. The molecule has 0 aliphatic carbocycles. The Morgan fingerprint density at radius 2 is 2.15 bits per heavy atom. The fourth-order valence-electron chi connectivity index (χ4n) is 2.38. The van der Waals surface area contributed by atoms with Crippen molar-refractivity contribution in [1.82, 2.24) is 4.90 Å². The average Bonchev–Trinajstić information content (AvgIpc) is 2.85. The van der Waals surface area contributed by atoms with Gasteiger partial charge in [-0.25, -0.2) is 4.79 Å². The van der Waals surface area contributed by atoms with Gasteiger partial charge in [-0.2, -0.15) is 0 Å². The quantitative estimate of drug-likeness (QED) is 0.882. The van der Waals surface area contributed by atoms with Gasteiger partial charge in [-0.3, -0.25) is 0 Å². The molecule has 2 heterocycles. The summed E-state index contributed by atoms with van der Waals surface area (Å²) in [6, 6.07) is 9.26. The van der Waals surface area contributed by atoms with Gasteiger partial charge in [0.25, 0.3) is 0 Å². The summed E-state index contributed by atoms with van der Waals surface area (Å²) in [6.45, 7) is 2.48. The van der Waals surface area contributed by atoms with Crippen LogP contribution in [0.4, 0.5) is 10.5 Å². The molecule has 1 unspecified atom stereocenters. The molecule has 0 bridgehead atoms. The third-order valence-corrected chi connectivity index (χ3v) is 3.55. The van der Waals surface area contributed by atoms with E-state index in [0.29, 0.717) is 6.54 Å². The van der Waals surface area contributed by atoms with E-state index in [2.05, 4.69) is 5.32 Å². The van der Waals surface area contributed by atoms with Gasteiger partial charge in [0, 0.05) is 19.3 Å². The summed E-state index contributed by atoms with van der Waals surface area (Å²) in [5, 5.41) is 2.84. The molecule has 1 atom stereocenters. The predicted molar refractivity (Wildman–Crippen MR) is 76.4 cm³/mol. The highest BCUT2D eigenvalue weighted by atomic mass is 16.3. The number of nitrogens with one attached hydrogen (secondary N) is 1. The lowest BCUT2D eigenvalue weighted by Gasteiger charge is -2.26. The molecular weight excluding hydrogens is 254 g/mol. The maximum atomic E-state index is 11.6. The van der Waals surface area contributed by atoms with Gasteiger partial charge >= 0.3 is 6.03 Å². The van der Waals surface area contributed by atoms with Crippen LogP contribution >= 0.6 is 0 Å². The monoisotopic (exact) mass is 271 g/mol. The van der Waals surface area contributed by atoms with Crippen LogP contribution in [0.2, 0.25) is 0 Å². The summed E-state index contributed by atoms with van der Waals surface area (Å²) in [6.07, 6.45) is 0. The standard InChI is InChI=1S/C15H17N3O2/c1-9-3-6-13(20-9)14(16)10-4-5-12-11(7-10)8-18(2)15(19)17-12/h3-7,14H,8,16H2,1-2H3,(H,17,19). The van der Waals surface area contributed by atoms with E-state index in [1.54, 1.807) is 11.9 Å². The maximum absolute atomic E-state index is 11.6. The molecule has 3 rings (SSSR count). The topological polar surface area (TPSA) is 71.5 Å². The van der Waals surface area contributed by atoms with Gasteiger partial charge in [0.15, 0.2) is 0 Å². The first kappa shape index (κ1) is 12.7. The number of anilines is 1. The summed E-state index contributed by atoms with van der Waals surface area (Å²) in [5.41, 5.74) is 9.11. The second kappa shape index (κ2) is 4.68.